The van der Waals surface area contributed by atoms with Gasteiger partial charge in [0.1, 0.15) is 13.2 Å². The van der Waals surface area contributed by atoms with Crippen LogP contribution >= 0.6 is 0 Å². The fourth-order valence-corrected chi connectivity index (χ4v) is 3.00. The van der Waals surface area contributed by atoms with Crippen LogP contribution in [0.25, 0.3) is 5.57 Å². The van der Waals surface area contributed by atoms with Crippen LogP contribution in [0.1, 0.15) is 22.3 Å². The SMILES string of the molecule is C=C(CCN(C)C(=O)c1ccc2c(c1)OCCO2)c1ccc(OC)c(OC)c1. The van der Waals surface area contributed by atoms with Crippen LogP contribution in [0.5, 0.6) is 23.0 Å². The largest absolute Gasteiger partial charge is 0.493 e. The van der Waals surface area contributed by atoms with Gasteiger partial charge >= 0.3 is 0 Å². The Bertz CT molecular complexity index is 877. The second kappa shape index (κ2) is 8.69. The summed E-state index contributed by atoms with van der Waals surface area (Å²) in [5.41, 5.74) is 2.45. The third-order valence-electron chi connectivity index (χ3n) is 4.68. The molecule has 0 bridgehead atoms. The van der Waals surface area contributed by atoms with E-state index in [1.54, 1.807) is 44.4 Å². The highest BCUT2D eigenvalue weighted by atomic mass is 16.6. The van der Waals surface area contributed by atoms with Crippen molar-refractivity contribution < 1.29 is 23.7 Å². The molecular formula is C22H25NO5. The lowest BCUT2D eigenvalue weighted by Crippen LogP contribution is -2.28. The summed E-state index contributed by atoms with van der Waals surface area (Å²) in [5, 5.41) is 0. The monoisotopic (exact) mass is 383 g/mol. The van der Waals surface area contributed by atoms with E-state index >= 15 is 0 Å². The van der Waals surface area contributed by atoms with E-state index in [0.717, 1.165) is 11.1 Å². The molecule has 0 saturated heterocycles. The van der Waals surface area contributed by atoms with Crippen molar-refractivity contribution in [3.63, 3.8) is 0 Å². The number of carbonyl (C=O) groups excluding carboxylic acids is 1. The van der Waals surface area contributed by atoms with Crippen molar-refractivity contribution in [1.82, 2.24) is 4.90 Å². The number of nitrogens with zero attached hydrogens (tertiary/aromatic N) is 1. The van der Waals surface area contributed by atoms with Crippen LogP contribution in [0.2, 0.25) is 0 Å². The molecular weight excluding hydrogens is 358 g/mol. The first-order chi connectivity index (χ1) is 13.5. The molecule has 0 spiro atoms. The first-order valence-electron chi connectivity index (χ1n) is 9.08. The molecule has 3 rings (SSSR count). The molecule has 0 radical (unpaired) electrons. The Morgan fingerprint density at radius 3 is 2.39 bits per heavy atom. The van der Waals surface area contributed by atoms with Gasteiger partial charge in [-0.3, -0.25) is 4.79 Å². The Hall–Kier alpha value is -3.15. The van der Waals surface area contributed by atoms with Crippen LogP contribution in [0.4, 0.5) is 0 Å². The summed E-state index contributed by atoms with van der Waals surface area (Å²) in [5.74, 6) is 2.54. The maximum absolute atomic E-state index is 12.7. The van der Waals surface area contributed by atoms with Crippen LogP contribution in [0.15, 0.2) is 43.0 Å². The smallest absolute Gasteiger partial charge is 0.253 e. The highest BCUT2D eigenvalue weighted by Gasteiger charge is 2.17. The summed E-state index contributed by atoms with van der Waals surface area (Å²) in [6, 6.07) is 10.9. The summed E-state index contributed by atoms with van der Waals surface area (Å²) >= 11 is 0. The van der Waals surface area contributed by atoms with Gasteiger partial charge in [-0.15, -0.1) is 0 Å². The molecule has 0 fully saturated rings. The molecule has 1 heterocycles. The van der Waals surface area contributed by atoms with E-state index in [0.29, 0.717) is 54.7 Å². The lowest BCUT2D eigenvalue weighted by molar-refractivity contribution is 0.0797. The molecule has 148 valence electrons. The maximum Gasteiger partial charge on any atom is 0.253 e. The molecule has 28 heavy (non-hydrogen) atoms. The third kappa shape index (κ3) is 4.22. The van der Waals surface area contributed by atoms with Gasteiger partial charge in [0.25, 0.3) is 5.91 Å². The second-order valence-corrected chi connectivity index (χ2v) is 6.51. The molecule has 1 amide bonds. The lowest BCUT2D eigenvalue weighted by atomic mass is 10.0. The number of hydrogen-bond donors (Lipinski definition) is 0. The van der Waals surface area contributed by atoms with E-state index in [4.69, 9.17) is 18.9 Å². The van der Waals surface area contributed by atoms with E-state index in [9.17, 15) is 4.79 Å². The average molecular weight is 383 g/mol. The zero-order valence-electron chi connectivity index (χ0n) is 16.5. The number of carbonyl (C=O) groups is 1. The lowest BCUT2D eigenvalue weighted by Gasteiger charge is -2.21. The summed E-state index contributed by atoms with van der Waals surface area (Å²) in [6.45, 7) is 5.71. The molecule has 0 atom stereocenters. The Labute approximate surface area is 165 Å². The molecule has 0 aliphatic carbocycles. The molecule has 0 unspecified atom stereocenters. The van der Waals surface area contributed by atoms with Crippen LogP contribution in [-0.2, 0) is 0 Å². The molecule has 0 aromatic heterocycles. The van der Waals surface area contributed by atoms with E-state index in [2.05, 4.69) is 6.58 Å². The van der Waals surface area contributed by atoms with Crippen molar-refractivity contribution in [3.05, 3.63) is 54.1 Å². The summed E-state index contributed by atoms with van der Waals surface area (Å²) in [4.78, 5) is 14.4. The molecule has 2 aromatic rings. The Morgan fingerprint density at radius 1 is 1.00 bits per heavy atom. The summed E-state index contributed by atoms with van der Waals surface area (Å²) in [7, 11) is 4.98. The van der Waals surface area contributed by atoms with Gasteiger partial charge in [0.2, 0.25) is 0 Å². The number of rotatable bonds is 7. The first-order valence-corrected chi connectivity index (χ1v) is 9.08. The van der Waals surface area contributed by atoms with Gasteiger partial charge < -0.3 is 23.8 Å². The number of amides is 1. The number of fused-ring (bicyclic) bond motifs is 1. The summed E-state index contributed by atoms with van der Waals surface area (Å²) in [6.07, 6.45) is 0.641. The fourth-order valence-electron chi connectivity index (χ4n) is 3.00. The molecule has 6 nitrogen and oxygen atoms in total. The molecule has 0 saturated carbocycles. The topological polar surface area (TPSA) is 57.2 Å². The van der Waals surface area contributed by atoms with E-state index < -0.39 is 0 Å². The standard InChI is InChI=1S/C22H25NO5/c1-15(16-5-7-18(25-3)20(13-16)26-4)9-10-23(2)22(24)17-6-8-19-21(14-17)28-12-11-27-19/h5-8,13-14H,1,9-12H2,2-4H3. The molecule has 2 aromatic carbocycles. The normalized spacial score (nSPS) is 12.2. The second-order valence-electron chi connectivity index (χ2n) is 6.51. The van der Waals surface area contributed by atoms with E-state index in [1.165, 1.54) is 0 Å². The minimum atomic E-state index is -0.0721. The zero-order valence-corrected chi connectivity index (χ0v) is 16.5. The Balaban J connectivity index is 1.62. The van der Waals surface area contributed by atoms with Crippen LogP contribution in [-0.4, -0.2) is 51.8 Å². The summed E-state index contributed by atoms with van der Waals surface area (Å²) < 4.78 is 21.7. The van der Waals surface area contributed by atoms with Gasteiger partial charge in [0.05, 0.1) is 14.2 Å². The van der Waals surface area contributed by atoms with Crippen LogP contribution in [0.3, 0.4) is 0 Å². The van der Waals surface area contributed by atoms with Gasteiger partial charge in [0.15, 0.2) is 23.0 Å². The fraction of sp³-hybridized carbons (Fsp3) is 0.318. The van der Waals surface area contributed by atoms with Crippen molar-refractivity contribution in [3.8, 4) is 23.0 Å². The number of hydrogen-bond acceptors (Lipinski definition) is 5. The maximum atomic E-state index is 12.7. The third-order valence-corrected chi connectivity index (χ3v) is 4.68. The average Bonchev–Trinajstić information content (AvgIpc) is 2.75. The predicted molar refractivity (Wildman–Crippen MR) is 108 cm³/mol. The minimum Gasteiger partial charge on any atom is -0.493 e. The molecule has 6 heteroatoms. The Kier molecular flexibility index (Phi) is 6.09. The molecule has 1 aliphatic rings. The highest BCUT2D eigenvalue weighted by molar-refractivity contribution is 5.94. The van der Waals surface area contributed by atoms with Gasteiger partial charge in [-0.25, -0.2) is 0 Å². The van der Waals surface area contributed by atoms with Crippen LogP contribution in [0, 0.1) is 0 Å². The Morgan fingerprint density at radius 2 is 1.68 bits per heavy atom. The number of methoxy groups -OCH3 is 2. The van der Waals surface area contributed by atoms with Crippen molar-refractivity contribution in [2.24, 2.45) is 0 Å². The quantitative estimate of drug-likeness (QED) is 0.730. The van der Waals surface area contributed by atoms with Crippen LogP contribution < -0.4 is 18.9 Å². The van der Waals surface area contributed by atoms with Crippen molar-refractivity contribution in [1.29, 1.82) is 0 Å². The van der Waals surface area contributed by atoms with Crippen molar-refractivity contribution >= 4 is 11.5 Å². The minimum absolute atomic E-state index is 0.0721. The van der Waals surface area contributed by atoms with E-state index in [1.807, 2.05) is 18.2 Å². The predicted octanol–water partition coefficient (Wildman–Crippen LogP) is 3.65. The first kappa shape index (κ1) is 19.6. The van der Waals surface area contributed by atoms with Gasteiger partial charge in [-0.05, 0) is 47.9 Å². The van der Waals surface area contributed by atoms with Crippen molar-refractivity contribution in [2.45, 2.75) is 6.42 Å². The number of ether oxygens (including phenoxy) is 4. The van der Waals surface area contributed by atoms with Gasteiger partial charge in [-0.1, -0.05) is 12.6 Å². The number of benzene rings is 2. The molecule has 0 N–H and O–H groups in total. The zero-order chi connectivity index (χ0) is 20.1. The van der Waals surface area contributed by atoms with Gasteiger partial charge in [-0.2, -0.15) is 0 Å². The highest BCUT2D eigenvalue weighted by Crippen LogP contribution is 2.32. The van der Waals surface area contributed by atoms with Gasteiger partial charge in [0, 0.05) is 19.2 Å². The van der Waals surface area contributed by atoms with E-state index in [-0.39, 0.29) is 5.91 Å². The molecule has 1 aliphatic heterocycles. The van der Waals surface area contributed by atoms with Crippen molar-refractivity contribution in [2.75, 3.05) is 41.0 Å².